The Morgan fingerprint density at radius 1 is 1.58 bits per heavy atom. The second-order valence-corrected chi connectivity index (χ2v) is 2.38. The highest BCUT2D eigenvalue weighted by Crippen LogP contribution is 2.04. The number of carbonyl (C=O) groups excluding carboxylic acids is 1. The van der Waals surface area contributed by atoms with Gasteiger partial charge in [0, 0.05) is 0 Å². The summed E-state index contributed by atoms with van der Waals surface area (Å²) in [5.41, 5.74) is 1.48. The first kappa shape index (κ1) is 8.35. The lowest BCUT2D eigenvalue weighted by Crippen LogP contribution is -2.00. The Bertz CT molecular complexity index is 334. The highest BCUT2D eigenvalue weighted by molar-refractivity contribution is 5.90. The SMILES string of the molecule is C#COC(=O)c1cccc(C)c1. The Kier molecular flexibility index (Phi) is 2.49. The lowest BCUT2D eigenvalue weighted by atomic mass is 10.1. The van der Waals surface area contributed by atoms with Gasteiger partial charge in [-0.25, -0.2) is 4.79 Å². The van der Waals surface area contributed by atoms with E-state index in [0.717, 1.165) is 5.56 Å². The maximum absolute atomic E-state index is 11.0. The van der Waals surface area contributed by atoms with Gasteiger partial charge in [0.1, 0.15) is 6.11 Å². The van der Waals surface area contributed by atoms with E-state index in [-0.39, 0.29) is 0 Å². The highest BCUT2D eigenvalue weighted by atomic mass is 16.5. The molecular formula is C10H8O2. The average molecular weight is 160 g/mol. The van der Waals surface area contributed by atoms with E-state index >= 15 is 0 Å². The van der Waals surface area contributed by atoms with Crippen molar-refractivity contribution in [3.63, 3.8) is 0 Å². The minimum Gasteiger partial charge on any atom is -0.369 e. The van der Waals surface area contributed by atoms with Crippen LogP contribution in [0.1, 0.15) is 15.9 Å². The Balaban J connectivity index is 2.90. The minimum atomic E-state index is -0.485. The maximum atomic E-state index is 11.0. The van der Waals surface area contributed by atoms with Crippen molar-refractivity contribution in [1.82, 2.24) is 0 Å². The van der Waals surface area contributed by atoms with Gasteiger partial charge < -0.3 is 4.74 Å². The molecule has 0 aromatic heterocycles. The van der Waals surface area contributed by atoms with Crippen molar-refractivity contribution in [3.8, 4) is 12.5 Å². The van der Waals surface area contributed by atoms with Gasteiger partial charge in [0.15, 0.2) is 0 Å². The Morgan fingerprint density at radius 2 is 2.33 bits per heavy atom. The molecule has 0 saturated heterocycles. The summed E-state index contributed by atoms with van der Waals surface area (Å²) in [6, 6.07) is 7.06. The molecule has 0 bridgehead atoms. The molecule has 0 saturated carbocycles. The molecule has 0 atom stereocenters. The van der Waals surface area contributed by atoms with Crippen molar-refractivity contribution in [1.29, 1.82) is 0 Å². The zero-order chi connectivity index (χ0) is 8.97. The fraction of sp³-hybridized carbons (Fsp3) is 0.100. The predicted molar refractivity (Wildman–Crippen MR) is 45.4 cm³/mol. The predicted octanol–water partition coefficient (Wildman–Crippen LogP) is 1.74. The largest absolute Gasteiger partial charge is 0.369 e. The van der Waals surface area contributed by atoms with Crippen LogP contribution in [0.25, 0.3) is 0 Å². The summed E-state index contributed by atoms with van der Waals surface area (Å²) in [6.07, 6.45) is 6.65. The highest BCUT2D eigenvalue weighted by Gasteiger charge is 2.04. The van der Waals surface area contributed by atoms with Gasteiger partial charge in [-0.2, -0.15) is 0 Å². The van der Waals surface area contributed by atoms with Crippen LogP contribution < -0.4 is 0 Å². The molecule has 0 fully saturated rings. The lowest BCUT2D eigenvalue weighted by Gasteiger charge is -1.97. The topological polar surface area (TPSA) is 26.3 Å². The van der Waals surface area contributed by atoms with Crippen LogP contribution in [0.4, 0.5) is 0 Å². The fourth-order valence-corrected chi connectivity index (χ4v) is 0.884. The standard InChI is InChI=1S/C10H8O2/c1-3-12-10(11)9-6-4-5-8(2)7-9/h1,4-7H,2H3. The second-order valence-electron chi connectivity index (χ2n) is 2.38. The van der Waals surface area contributed by atoms with Crippen LogP contribution in [0.15, 0.2) is 24.3 Å². The number of ether oxygens (including phenoxy) is 1. The minimum absolute atomic E-state index is 0.480. The normalized spacial score (nSPS) is 8.67. The summed E-state index contributed by atoms with van der Waals surface area (Å²) in [6.45, 7) is 1.90. The molecule has 0 aliphatic heterocycles. The number of esters is 1. The number of carbonyl (C=O) groups is 1. The third kappa shape index (κ3) is 1.86. The van der Waals surface area contributed by atoms with Crippen molar-refractivity contribution in [3.05, 3.63) is 35.4 Å². The van der Waals surface area contributed by atoms with Crippen molar-refractivity contribution in [2.75, 3.05) is 0 Å². The second kappa shape index (κ2) is 3.59. The van der Waals surface area contributed by atoms with Gasteiger partial charge in [-0.3, -0.25) is 0 Å². The first-order valence-corrected chi connectivity index (χ1v) is 3.47. The van der Waals surface area contributed by atoms with Crippen LogP contribution in [0.2, 0.25) is 0 Å². The third-order valence-corrected chi connectivity index (χ3v) is 1.41. The van der Waals surface area contributed by atoms with E-state index in [1.807, 2.05) is 19.1 Å². The number of rotatable bonds is 1. The summed E-state index contributed by atoms with van der Waals surface area (Å²) >= 11 is 0. The summed E-state index contributed by atoms with van der Waals surface area (Å²) in [5, 5.41) is 0. The molecule has 2 heteroatoms. The first-order chi connectivity index (χ1) is 5.74. The zero-order valence-corrected chi connectivity index (χ0v) is 6.70. The maximum Gasteiger partial charge on any atom is 0.352 e. The van der Waals surface area contributed by atoms with E-state index in [2.05, 4.69) is 4.74 Å². The number of hydrogen-bond acceptors (Lipinski definition) is 2. The van der Waals surface area contributed by atoms with Crippen LogP contribution in [-0.2, 0) is 4.74 Å². The van der Waals surface area contributed by atoms with Crippen molar-refractivity contribution in [2.45, 2.75) is 6.92 Å². The molecule has 0 N–H and O–H groups in total. The monoisotopic (exact) mass is 160 g/mol. The molecule has 1 aromatic carbocycles. The summed E-state index contributed by atoms with van der Waals surface area (Å²) in [4.78, 5) is 11.0. The lowest BCUT2D eigenvalue weighted by molar-refractivity contribution is 0.0691. The van der Waals surface area contributed by atoms with E-state index in [9.17, 15) is 4.79 Å². The van der Waals surface area contributed by atoms with Crippen LogP contribution in [0, 0.1) is 19.5 Å². The summed E-state index contributed by atoms with van der Waals surface area (Å²) < 4.78 is 4.37. The molecule has 1 aromatic rings. The Labute approximate surface area is 71.2 Å². The van der Waals surface area contributed by atoms with Gasteiger partial charge in [-0.1, -0.05) is 24.1 Å². The third-order valence-electron chi connectivity index (χ3n) is 1.41. The molecule has 0 unspecified atom stereocenters. The molecule has 60 valence electrons. The van der Waals surface area contributed by atoms with Gasteiger partial charge in [0.25, 0.3) is 0 Å². The van der Waals surface area contributed by atoms with Crippen LogP contribution in [0.5, 0.6) is 0 Å². The van der Waals surface area contributed by atoms with E-state index in [1.54, 1.807) is 18.2 Å². The number of terminal acetylenes is 1. The Morgan fingerprint density at radius 3 is 2.92 bits per heavy atom. The van der Waals surface area contributed by atoms with Gasteiger partial charge >= 0.3 is 5.97 Å². The molecular weight excluding hydrogens is 152 g/mol. The van der Waals surface area contributed by atoms with Crippen LogP contribution >= 0.6 is 0 Å². The average Bonchev–Trinajstić information content (AvgIpc) is 2.05. The van der Waals surface area contributed by atoms with Crippen LogP contribution in [0.3, 0.4) is 0 Å². The van der Waals surface area contributed by atoms with Crippen molar-refractivity contribution >= 4 is 5.97 Å². The molecule has 0 amide bonds. The van der Waals surface area contributed by atoms with E-state index in [1.165, 1.54) is 0 Å². The quantitative estimate of drug-likeness (QED) is 0.462. The van der Waals surface area contributed by atoms with Gasteiger partial charge in [0.05, 0.1) is 5.56 Å². The molecule has 12 heavy (non-hydrogen) atoms. The first-order valence-electron chi connectivity index (χ1n) is 3.47. The zero-order valence-electron chi connectivity index (χ0n) is 6.70. The number of benzene rings is 1. The molecule has 0 aliphatic carbocycles. The number of aryl methyl sites for hydroxylation is 1. The smallest absolute Gasteiger partial charge is 0.352 e. The number of hydrogen-bond donors (Lipinski definition) is 0. The molecule has 0 radical (unpaired) electrons. The molecule has 0 aliphatic rings. The molecule has 2 nitrogen and oxygen atoms in total. The molecule has 0 heterocycles. The van der Waals surface area contributed by atoms with E-state index < -0.39 is 5.97 Å². The summed E-state index contributed by atoms with van der Waals surface area (Å²) in [7, 11) is 0. The summed E-state index contributed by atoms with van der Waals surface area (Å²) in [5.74, 6) is -0.485. The van der Waals surface area contributed by atoms with Gasteiger partial charge in [-0.15, -0.1) is 0 Å². The van der Waals surface area contributed by atoms with Gasteiger partial charge in [-0.05, 0) is 19.1 Å². The molecule has 1 rings (SSSR count). The Hall–Kier alpha value is -1.75. The van der Waals surface area contributed by atoms with Crippen molar-refractivity contribution < 1.29 is 9.53 Å². The van der Waals surface area contributed by atoms with E-state index in [0.29, 0.717) is 5.56 Å². The molecule has 0 spiro atoms. The fourth-order valence-electron chi connectivity index (χ4n) is 0.884. The van der Waals surface area contributed by atoms with Crippen molar-refractivity contribution in [2.24, 2.45) is 0 Å². The van der Waals surface area contributed by atoms with E-state index in [4.69, 9.17) is 6.42 Å². The van der Waals surface area contributed by atoms with Crippen LogP contribution in [-0.4, -0.2) is 5.97 Å². The van der Waals surface area contributed by atoms with Gasteiger partial charge in [0.2, 0.25) is 0 Å².